The lowest BCUT2D eigenvalue weighted by Crippen LogP contribution is -2.39. The number of nitrogens with two attached hydrogens (primary N) is 1. The van der Waals surface area contributed by atoms with E-state index in [1.807, 2.05) is 0 Å². The van der Waals surface area contributed by atoms with E-state index in [1.54, 1.807) is 0 Å². The van der Waals surface area contributed by atoms with Crippen LogP contribution in [0, 0.1) is 17.8 Å². The van der Waals surface area contributed by atoms with Gasteiger partial charge in [0.25, 0.3) is 5.91 Å². The number of aromatic amines is 1. The number of primary amides is 1. The Labute approximate surface area is 148 Å². The van der Waals surface area contributed by atoms with Crippen LogP contribution in [0.15, 0.2) is 6.20 Å². The summed E-state index contributed by atoms with van der Waals surface area (Å²) in [5, 5.41) is 0. The lowest BCUT2D eigenvalue weighted by molar-refractivity contribution is -0.134. The molecule has 1 aliphatic heterocycles. The molecule has 2 saturated carbocycles. The number of aromatic nitrogens is 2. The molecule has 2 aliphatic carbocycles. The third-order valence-corrected chi connectivity index (χ3v) is 6.47. The Morgan fingerprint density at radius 2 is 1.84 bits per heavy atom. The van der Waals surface area contributed by atoms with Gasteiger partial charge in [0.05, 0.1) is 6.20 Å². The lowest BCUT2D eigenvalue weighted by Gasteiger charge is -2.32. The van der Waals surface area contributed by atoms with Gasteiger partial charge in [-0.15, -0.1) is 0 Å². The lowest BCUT2D eigenvalue weighted by atomic mass is 9.85. The van der Waals surface area contributed by atoms with E-state index in [0.717, 1.165) is 44.1 Å². The zero-order valence-corrected chi connectivity index (χ0v) is 14.7. The van der Waals surface area contributed by atoms with Gasteiger partial charge in [-0.3, -0.25) is 9.59 Å². The first-order valence-corrected chi connectivity index (χ1v) is 9.77. The number of likely N-dealkylation sites (tertiary alicyclic amines) is 1. The highest BCUT2D eigenvalue weighted by Crippen LogP contribution is 2.50. The Bertz CT molecular complexity index is 642. The summed E-state index contributed by atoms with van der Waals surface area (Å²) in [6, 6.07) is 0. The van der Waals surface area contributed by atoms with Gasteiger partial charge in [-0.1, -0.05) is 32.1 Å². The van der Waals surface area contributed by atoms with Crippen molar-refractivity contribution in [2.24, 2.45) is 23.5 Å². The summed E-state index contributed by atoms with van der Waals surface area (Å²) in [6.07, 6.45) is 11.2. The van der Waals surface area contributed by atoms with E-state index in [-0.39, 0.29) is 5.92 Å². The number of hydrogen-bond acceptors (Lipinski definition) is 3. The Morgan fingerprint density at radius 3 is 2.48 bits per heavy atom. The van der Waals surface area contributed by atoms with Gasteiger partial charge >= 0.3 is 0 Å². The normalized spacial score (nSPS) is 28.1. The highest BCUT2D eigenvalue weighted by Gasteiger charge is 2.49. The number of nitrogens with one attached hydrogen (secondary N) is 1. The molecule has 0 spiro atoms. The van der Waals surface area contributed by atoms with Crippen molar-refractivity contribution >= 4 is 11.8 Å². The Kier molecular flexibility index (Phi) is 4.52. The van der Waals surface area contributed by atoms with Crippen LogP contribution in [-0.2, 0) is 4.79 Å². The van der Waals surface area contributed by atoms with Crippen molar-refractivity contribution in [1.29, 1.82) is 0 Å². The zero-order chi connectivity index (χ0) is 17.4. The quantitative estimate of drug-likeness (QED) is 0.878. The summed E-state index contributed by atoms with van der Waals surface area (Å²) in [6.45, 7) is 1.59. The van der Waals surface area contributed by atoms with E-state index in [1.165, 1.54) is 38.3 Å². The average molecular weight is 344 g/mol. The van der Waals surface area contributed by atoms with Crippen molar-refractivity contribution in [3.05, 3.63) is 17.7 Å². The number of rotatable bonds is 4. The third kappa shape index (κ3) is 3.44. The molecule has 2 amide bonds. The number of carbonyl (C=O) groups is 2. The van der Waals surface area contributed by atoms with Gasteiger partial charge in [-0.2, -0.15) is 0 Å². The zero-order valence-electron chi connectivity index (χ0n) is 14.7. The first-order chi connectivity index (χ1) is 12.1. The molecular weight excluding hydrogens is 316 g/mol. The molecule has 6 nitrogen and oxygen atoms in total. The number of nitrogens with zero attached hydrogens (tertiary/aromatic N) is 2. The van der Waals surface area contributed by atoms with Gasteiger partial charge in [-0.05, 0) is 31.1 Å². The largest absolute Gasteiger partial charge is 0.364 e. The van der Waals surface area contributed by atoms with E-state index < -0.39 is 5.91 Å². The van der Waals surface area contributed by atoms with E-state index in [2.05, 4.69) is 14.9 Å². The molecule has 4 rings (SSSR count). The van der Waals surface area contributed by atoms with E-state index in [9.17, 15) is 9.59 Å². The summed E-state index contributed by atoms with van der Waals surface area (Å²) < 4.78 is 0. The van der Waals surface area contributed by atoms with Gasteiger partial charge in [-0.25, -0.2) is 4.98 Å². The van der Waals surface area contributed by atoms with Crippen LogP contribution in [0.25, 0.3) is 0 Å². The molecule has 0 radical (unpaired) electrons. The topological polar surface area (TPSA) is 92.1 Å². The maximum absolute atomic E-state index is 12.8. The average Bonchev–Trinajstić information content (AvgIpc) is 3.29. The van der Waals surface area contributed by atoms with Crippen molar-refractivity contribution in [2.75, 3.05) is 13.1 Å². The summed E-state index contributed by atoms with van der Waals surface area (Å²) in [4.78, 5) is 33.3. The third-order valence-electron chi connectivity index (χ3n) is 6.47. The molecule has 2 heterocycles. The van der Waals surface area contributed by atoms with Gasteiger partial charge in [0.15, 0.2) is 0 Å². The fourth-order valence-corrected chi connectivity index (χ4v) is 4.86. The molecule has 3 aliphatic rings. The van der Waals surface area contributed by atoms with Crippen molar-refractivity contribution in [3.8, 4) is 0 Å². The van der Waals surface area contributed by atoms with Crippen LogP contribution in [0.4, 0.5) is 0 Å². The molecule has 1 saturated heterocycles. The molecule has 2 atom stereocenters. The highest BCUT2D eigenvalue weighted by molar-refractivity contribution is 5.90. The second-order valence-corrected chi connectivity index (χ2v) is 8.05. The van der Waals surface area contributed by atoms with Gasteiger partial charge in [0.2, 0.25) is 5.91 Å². The van der Waals surface area contributed by atoms with Gasteiger partial charge in [0, 0.05) is 24.9 Å². The van der Waals surface area contributed by atoms with Crippen LogP contribution in [0.2, 0.25) is 0 Å². The minimum atomic E-state index is -0.478. The number of H-pyrrole nitrogens is 1. The highest BCUT2D eigenvalue weighted by atomic mass is 16.2. The summed E-state index contributed by atoms with van der Waals surface area (Å²) >= 11 is 0. The molecular formula is C19H28N4O2. The Balaban J connectivity index is 1.28. The standard InChI is InChI=1S/C19H28N4O2/c20-17(24)16-11-21-18(22-16)13-6-8-23(9-7-13)19(25)15-10-14(15)12-4-2-1-3-5-12/h11-15H,1-10H2,(H2,20,24)(H,21,22). The predicted molar refractivity (Wildman–Crippen MR) is 93.8 cm³/mol. The smallest absolute Gasteiger partial charge is 0.266 e. The number of hydrogen-bond donors (Lipinski definition) is 2. The molecule has 0 bridgehead atoms. The van der Waals surface area contributed by atoms with E-state index in [4.69, 9.17) is 5.73 Å². The number of imidazole rings is 1. The van der Waals surface area contributed by atoms with Gasteiger partial charge < -0.3 is 15.6 Å². The van der Waals surface area contributed by atoms with Crippen molar-refractivity contribution in [2.45, 2.75) is 57.3 Å². The maximum Gasteiger partial charge on any atom is 0.266 e. The SMILES string of the molecule is NC(=O)c1cnc(C2CCN(C(=O)C3CC3C3CCCCC3)CC2)[nH]1. The number of piperidine rings is 1. The monoisotopic (exact) mass is 344 g/mol. The minimum absolute atomic E-state index is 0.283. The summed E-state index contributed by atoms with van der Waals surface area (Å²) in [5.41, 5.74) is 5.63. The van der Waals surface area contributed by atoms with Crippen LogP contribution in [-0.4, -0.2) is 39.8 Å². The predicted octanol–water partition coefficient (Wildman–Crippen LogP) is 2.43. The maximum atomic E-state index is 12.8. The fourth-order valence-electron chi connectivity index (χ4n) is 4.86. The summed E-state index contributed by atoms with van der Waals surface area (Å²) in [5.74, 6) is 2.77. The number of carbonyl (C=O) groups excluding carboxylic acids is 2. The van der Waals surface area contributed by atoms with Crippen molar-refractivity contribution < 1.29 is 9.59 Å². The fraction of sp³-hybridized carbons (Fsp3) is 0.737. The Hall–Kier alpha value is -1.85. The molecule has 3 fully saturated rings. The second kappa shape index (κ2) is 6.81. The molecule has 0 aromatic carbocycles. The Morgan fingerprint density at radius 1 is 1.12 bits per heavy atom. The molecule has 1 aromatic rings. The second-order valence-electron chi connectivity index (χ2n) is 8.05. The number of amides is 2. The van der Waals surface area contributed by atoms with Crippen LogP contribution < -0.4 is 5.73 Å². The first-order valence-electron chi connectivity index (χ1n) is 9.77. The van der Waals surface area contributed by atoms with Crippen LogP contribution in [0.3, 0.4) is 0 Å². The van der Waals surface area contributed by atoms with Crippen molar-refractivity contribution in [3.63, 3.8) is 0 Å². The van der Waals surface area contributed by atoms with Crippen LogP contribution in [0.1, 0.15) is 73.6 Å². The molecule has 3 N–H and O–H groups in total. The molecule has 136 valence electrons. The van der Waals surface area contributed by atoms with Crippen LogP contribution >= 0.6 is 0 Å². The van der Waals surface area contributed by atoms with Crippen molar-refractivity contribution in [1.82, 2.24) is 14.9 Å². The molecule has 1 aromatic heterocycles. The molecule has 2 unspecified atom stereocenters. The minimum Gasteiger partial charge on any atom is -0.364 e. The van der Waals surface area contributed by atoms with E-state index >= 15 is 0 Å². The van der Waals surface area contributed by atoms with Gasteiger partial charge in [0.1, 0.15) is 11.5 Å². The molecule has 6 heteroatoms. The summed E-state index contributed by atoms with van der Waals surface area (Å²) in [7, 11) is 0. The van der Waals surface area contributed by atoms with E-state index in [0.29, 0.717) is 23.4 Å². The molecule has 25 heavy (non-hydrogen) atoms. The van der Waals surface area contributed by atoms with Crippen LogP contribution in [0.5, 0.6) is 0 Å². The first kappa shape index (κ1) is 16.6.